The summed E-state index contributed by atoms with van der Waals surface area (Å²) in [5.74, 6) is 0. The maximum atomic E-state index is 2.40. The molecule has 0 aliphatic carbocycles. The van der Waals surface area contributed by atoms with E-state index in [0.717, 1.165) is 26.2 Å². The van der Waals surface area contributed by atoms with E-state index in [2.05, 4.69) is 61.1 Å². The maximum absolute atomic E-state index is 2.40. The van der Waals surface area contributed by atoms with E-state index in [1.54, 1.807) is 0 Å². The standard InChI is InChI=1S/C13H22N2/c1-4-14(5-2)15(6-3)12-13-10-8-7-9-11-13/h7-11H,4-6,12H2,1-3H3. The first-order valence-corrected chi connectivity index (χ1v) is 5.85. The highest BCUT2D eigenvalue weighted by Crippen LogP contribution is 2.06. The fourth-order valence-corrected chi connectivity index (χ4v) is 1.83. The molecule has 1 aromatic rings. The van der Waals surface area contributed by atoms with Gasteiger partial charge in [0, 0.05) is 26.2 Å². The van der Waals surface area contributed by atoms with Gasteiger partial charge in [-0.1, -0.05) is 51.1 Å². The van der Waals surface area contributed by atoms with E-state index < -0.39 is 0 Å². The molecule has 2 heteroatoms. The van der Waals surface area contributed by atoms with Gasteiger partial charge in [-0.05, 0) is 5.56 Å². The Balaban J connectivity index is 2.61. The Kier molecular flexibility index (Phi) is 5.37. The molecule has 0 aromatic heterocycles. The van der Waals surface area contributed by atoms with Crippen LogP contribution in [-0.4, -0.2) is 29.7 Å². The van der Waals surface area contributed by atoms with Crippen molar-refractivity contribution in [2.45, 2.75) is 27.3 Å². The summed E-state index contributed by atoms with van der Waals surface area (Å²) in [6.07, 6.45) is 0. The van der Waals surface area contributed by atoms with Crippen molar-refractivity contribution >= 4 is 0 Å². The summed E-state index contributed by atoms with van der Waals surface area (Å²) in [5.41, 5.74) is 1.38. The number of hydrazine groups is 1. The highest BCUT2D eigenvalue weighted by molar-refractivity contribution is 5.14. The van der Waals surface area contributed by atoms with Crippen LogP contribution in [-0.2, 0) is 6.54 Å². The van der Waals surface area contributed by atoms with Crippen molar-refractivity contribution in [3.8, 4) is 0 Å². The smallest absolute Gasteiger partial charge is 0.0384 e. The van der Waals surface area contributed by atoms with Crippen LogP contribution >= 0.6 is 0 Å². The lowest BCUT2D eigenvalue weighted by Gasteiger charge is -2.32. The molecule has 0 saturated heterocycles. The van der Waals surface area contributed by atoms with E-state index in [1.165, 1.54) is 5.56 Å². The van der Waals surface area contributed by atoms with Gasteiger partial charge in [0.2, 0.25) is 0 Å². The van der Waals surface area contributed by atoms with Crippen molar-refractivity contribution in [1.82, 2.24) is 10.0 Å². The van der Waals surface area contributed by atoms with Crippen molar-refractivity contribution in [3.63, 3.8) is 0 Å². The van der Waals surface area contributed by atoms with Gasteiger partial charge < -0.3 is 0 Å². The molecule has 0 heterocycles. The minimum atomic E-state index is 1.01. The van der Waals surface area contributed by atoms with E-state index in [4.69, 9.17) is 0 Å². The Hall–Kier alpha value is -0.860. The summed E-state index contributed by atoms with van der Waals surface area (Å²) < 4.78 is 0. The summed E-state index contributed by atoms with van der Waals surface area (Å²) in [7, 11) is 0. The van der Waals surface area contributed by atoms with Gasteiger partial charge in [-0.15, -0.1) is 0 Å². The molecule has 2 nitrogen and oxygen atoms in total. The maximum Gasteiger partial charge on any atom is 0.0384 e. The Morgan fingerprint density at radius 1 is 0.800 bits per heavy atom. The van der Waals surface area contributed by atoms with Gasteiger partial charge in [-0.25, -0.2) is 10.0 Å². The second kappa shape index (κ2) is 6.59. The Labute approximate surface area is 93.5 Å². The van der Waals surface area contributed by atoms with Gasteiger partial charge in [0.05, 0.1) is 0 Å². The molecule has 0 unspecified atom stereocenters. The largest absolute Gasteiger partial charge is 0.242 e. The molecule has 0 radical (unpaired) electrons. The number of hydrogen-bond donors (Lipinski definition) is 0. The van der Waals surface area contributed by atoms with Gasteiger partial charge in [0.25, 0.3) is 0 Å². The van der Waals surface area contributed by atoms with Gasteiger partial charge >= 0.3 is 0 Å². The lowest BCUT2D eigenvalue weighted by atomic mass is 10.2. The Morgan fingerprint density at radius 2 is 1.33 bits per heavy atom. The molecule has 1 rings (SSSR count). The molecule has 0 N–H and O–H groups in total. The first-order chi connectivity index (χ1) is 7.31. The van der Waals surface area contributed by atoms with E-state index in [0.29, 0.717) is 0 Å². The van der Waals surface area contributed by atoms with Crippen LogP contribution in [0.4, 0.5) is 0 Å². The van der Waals surface area contributed by atoms with Gasteiger partial charge in [-0.2, -0.15) is 0 Å². The molecule has 0 bridgehead atoms. The second-order valence-electron chi connectivity index (χ2n) is 3.61. The first-order valence-electron chi connectivity index (χ1n) is 5.85. The van der Waals surface area contributed by atoms with Crippen molar-refractivity contribution < 1.29 is 0 Å². The number of hydrogen-bond acceptors (Lipinski definition) is 2. The molecule has 0 amide bonds. The second-order valence-corrected chi connectivity index (χ2v) is 3.61. The monoisotopic (exact) mass is 206 g/mol. The van der Waals surface area contributed by atoms with Crippen LogP contribution in [0, 0.1) is 0 Å². The number of benzene rings is 1. The molecule has 84 valence electrons. The minimum absolute atomic E-state index is 1.01. The lowest BCUT2D eigenvalue weighted by Crippen LogP contribution is -2.41. The summed E-state index contributed by atoms with van der Waals surface area (Å²) in [6, 6.07) is 10.6. The van der Waals surface area contributed by atoms with E-state index in [9.17, 15) is 0 Å². The quantitative estimate of drug-likeness (QED) is 0.660. The van der Waals surface area contributed by atoms with Crippen LogP contribution in [0.3, 0.4) is 0 Å². The average Bonchev–Trinajstić information content (AvgIpc) is 2.30. The van der Waals surface area contributed by atoms with Crippen LogP contribution in [0.2, 0.25) is 0 Å². The van der Waals surface area contributed by atoms with Crippen LogP contribution in [0.1, 0.15) is 26.3 Å². The van der Waals surface area contributed by atoms with Gasteiger partial charge in [0.1, 0.15) is 0 Å². The molecule has 0 spiro atoms. The molecular formula is C13H22N2. The topological polar surface area (TPSA) is 6.48 Å². The zero-order valence-corrected chi connectivity index (χ0v) is 10.1. The van der Waals surface area contributed by atoms with Crippen LogP contribution in [0.5, 0.6) is 0 Å². The van der Waals surface area contributed by atoms with E-state index in [-0.39, 0.29) is 0 Å². The van der Waals surface area contributed by atoms with E-state index in [1.807, 2.05) is 0 Å². The summed E-state index contributed by atoms with van der Waals surface area (Å²) in [5, 5.41) is 4.78. The van der Waals surface area contributed by atoms with Crippen molar-refractivity contribution in [2.24, 2.45) is 0 Å². The zero-order valence-electron chi connectivity index (χ0n) is 10.1. The van der Waals surface area contributed by atoms with Crippen LogP contribution < -0.4 is 0 Å². The summed E-state index contributed by atoms with van der Waals surface area (Å²) in [4.78, 5) is 0. The molecule has 0 aliphatic heterocycles. The summed E-state index contributed by atoms with van der Waals surface area (Å²) in [6.45, 7) is 10.9. The molecular weight excluding hydrogens is 184 g/mol. The average molecular weight is 206 g/mol. The van der Waals surface area contributed by atoms with E-state index >= 15 is 0 Å². The molecule has 0 fully saturated rings. The van der Waals surface area contributed by atoms with Gasteiger partial charge in [-0.3, -0.25) is 0 Å². The fourth-order valence-electron chi connectivity index (χ4n) is 1.83. The third kappa shape index (κ3) is 3.65. The highest BCUT2D eigenvalue weighted by atomic mass is 15.6. The molecule has 0 atom stereocenters. The molecule has 1 aromatic carbocycles. The van der Waals surface area contributed by atoms with Crippen LogP contribution in [0.25, 0.3) is 0 Å². The third-order valence-electron chi connectivity index (χ3n) is 2.70. The number of rotatable bonds is 6. The fraction of sp³-hybridized carbons (Fsp3) is 0.538. The minimum Gasteiger partial charge on any atom is -0.242 e. The molecule has 15 heavy (non-hydrogen) atoms. The van der Waals surface area contributed by atoms with Gasteiger partial charge in [0.15, 0.2) is 0 Å². The number of nitrogens with zero attached hydrogens (tertiary/aromatic N) is 2. The lowest BCUT2D eigenvalue weighted by molar-refractivity contribution is -0.0196. The molecule has 0 saturated carbocycles. The van der Waals surface area contributed by atoms with Crippen LogP contribution in [0.15, 0.2) is 30.3 Å². The summed E-state index contributed by atoms with van der Waals surface area (Å²) >= 11 is 0. The SMILES string of the molecule is CCN(CC)N(CC)Cc1ccccc1. The highest BCUT2D eigenvalue weighted by Gasteiger charge is 2.09. The van der Waals surface area contributed by atoms with Crippen molar-refractivity contribution in [3.05, 3.63) is 35.9 Å². The Bertz CT molecular complexity index is 254. The zero-order chi connectivity index (χ0) is 11.1. The predicted molar refractivity (Wildman–Crippen MR) is 65.4 cm³/mol. The van der Waals surface area contributed by atoms with Crippen molar-refractivity contribution in [1.29, 1.82) is 0 Å². The third-order valence-corrected chi connectivity index (χ3v) is 2.70. The Morgan fingerprint density at radius 3 is 1.80 bits per heavy atom. The van der Waals surface area contributed by atoms with Crippen molar-refractivity contribution in [2.75, 3.05) is 19.6 Å². The predicted octanol–water partition coefficient (Wildman–Crippen LogP) is 2.77. The normalized spacial score (nSPS) is 11.3. The molecule has 0 aliphatic rings. The first kappa shape index (κ1) is 12.2.